The number of amides is 2. The lowest BCUT2D eigenvalue weighted by Gasteiger charge is -2.22. The quantitative estimate of drug-likeness (QED) is 0.782. The molecule has 1 aliphatic carbocycles. The number of alkyl carbamates (subject to hydrolysis) is 1. The van der Waals surface area contributed by atoms with Gasteiger partial charge in [0.2, 0.25) is 5.91 Å². The van der Waals surface area contributed by atoms with Crippen LogP contribution in [0, 0.1) is 5.92 Å². The normalized spacial score (nSPS) is 16.1. The number of hydrogen-bond donors (Lipinski definition) is 2. The van der Waals surface area contributed by atoms with Crippen molar-refractivity contribution in [3.8, 4) is 0 Å². The summed E-state index contributed by atoms with van der Waals surface area (Å²) < 4.78 is 5.21. The Labute approximate surface area is 140 Å². The van der Waals surface area contributed by atoms with Gasteiger partial charge < -0.3 is 15.4 Å². The monoisotopic (exact) mass is 337 g/mol. The first-order chi connectivity index (χ1) is 10.8. The van der Waals surface area contributed by atoms with E-state index in [1.54, 1.807) is 11.6 Å². The molecule has 126 valence electrons. The molecule has 0 saturated heterocycles. The predicted molar refractivity (Wildman–Crippen MR) is 90.0 cm³/mol. The Morgan fingerprint density at radius 3 is 2.78 bits per heavy atom. The average Bonchev–Trinajstić information content (AvgIpc) is 3.15. The first-order valence-electron chi connectivity index (χ1n) is 7.67. The van der Waals surface area contributed by atoms with E-state index >= 15 is 0 Å². The topological polar surface area (TPSA) is 80.3 Å². The molecule has 1 saturated carbocycles. The van der Waals surface area contributed by atoms with Crippen LogP contribution >= 0.6 is 11.3 Å². The summed E-state index contributed by atoms with van der Waals surface area (Å²) in [6.45, 7) is 5.82. The smallest absolute Gasteiger partial charge is 0.407 e. The number of ether oxygens (including phenoxy) is 1. The predicted octanol–water partition coefficient (Wildman–Crippen LogP) is 2.58. The van der Waals surface area contributed by atoms with Gasteiger partial charge in [0.1, 0.15) is 5.60 Å². The van der Waals surface area contributed by atoms with Crippen LogP contribution in [0.4, 0.5) is 4.79 Å². The second-order valence-corrected chi connectivity index (χ2v) is 7.30. The van der Waals surface area contributed by atoms with Gasteiger partial charge in [-0.25, -0.2) is 9.78 Å². The summed E-state index contributed by atoms with van der Waals surface area (Å²) in [6.07, 6.45) is 4.82. The van der Waals surface area contributed by atoms with E-state index in [4.69, 9.17) is 4.74 Å². The van der Waals surface area contributed by atoms with E-state index in [9.17, 15) is 9.59 Å². The van der Waals surface area contributed by atoms with Gasteiger partial charge in [0.15, 0.2) is 0 Å². The first-order valence-corrected chi connectivity index (χ1v) is 8.61. The van der Waals surface area contributed by atoms with Gasteiger partial charge in [-0.05, 0) is 45.6 Å². The standard InChI is InChI=1S/C16H23N3O3S/c1-16(2,3)22-15(21)17-8-13(11-4-5-11)19-14(20)7-6-12-9-23-10-18-12/h6-7,9-11,13H,4-5,8H2,1-3H3,(H,17,21)(H,19,20). The molecular weight excluding hydrogens is 314 g/mol. The summed E-state index contributed by atoms with van der Waals surface area (Å²) in [5.41, 5.74) is 1.95. The van der Waals surface area contributed by atoms with Crippen molar-refractivity contribution in [2.75, 3.05) is 6.54 Å². The van der Waals surface area contributed by atoms with E-state index in [1.807, 2.05) is 26.2 Å². The van der Waals surface area contributed by atoms with Gasteiger partial charge in [-0.15, -0.1) is 11.3 Å². The minimum atomic E-state index is -0.529. The zero-order valence-corrected chi connectivity index (χ0v) is 14.5. The van der Waals surface area contributed by atoms with Crippen LogP contribution in [-0.2, 0) is 9.53 Å². The molecular formula is C16H23N3O3S. The highest BCUT2D eigenvalue weighted by Gasteiger charge is 2.32. The highest BCUT2D eigenvalue weighted by atomic mass is 32.1. The lowest BCUT2D eigenvalue weighted by molar-refractivity contribution is -0.117. The molecule has 6 nitrogen and oxygen atoms in total. The van der Waals surface area contributed by atoms with E-state index in [1.165, 1.54) is 17.4 Å². The first kappa shape index (κ1) is 17.5. The summed E-state index contributed by atoms with van der Waals surface area (Å²) >= 11 is 1.48. The number of thiazole rings is 1. The molecule has 0 aliphatic heterocycles. The third kappa shape index (κ3) is 6.81. The van der Waals surface area contributed by atoms with Crippen molar-refractivity contribution >= 4 is 29.4 Å². The van der Waals surface area contributed by atoms with Gasteiger partial charge >= 0.3 is 6.09 Å². The van der Waals surface area contributed by atoms with Crippen molar-refractivity contribution in [2.45, 2.75) is 45.3 Å². The number of carbonyl (C=O) groups is 2. The van der Waals surface area contributed by atoms with Crippen molar-refractivity contribution < 1.29 is 14.3 Å². The molecule has 0 spiro atoms. The average molecular weight is 337 g/mol. The summed E-state index contributed by atoms with van der Waals surface area (Å²) in [6, 6.07) is -0.0740. The molecule has 0 aromatic carbocycles. The molecule has 0 bridgehead atoms. The Morgan fingerprint density at radius 1 is 1.48 bits per heavy atom. The van der Waals surface area contributed by atoms with Gasteiger partial charge in [-0.3, -0.25) is 4.79 Å². The SMILES string of the molecule is CC(C)(C)OC(=O)NCC(NC(=O)C=Cc1cscn1)C1CC1. The molecule has 1 aliphatic rings. The van der Waals surface area contributed by atoms with E-state index in [0.29, 0.717) is 12.5 Å². The molecule has 1 heterocycles. The van der Waals surface area contributed by atoms with Crippen molar-refractivity contribution in [3.63, 3.8) is 0 Å². The number of hydrogen-bond acceptors (Lipinski definition) is 5. The van der Waals surface area contributed by atoms with Crippen LogP contribution in [0.5, 0.6) is 0 Å². The van der Waals surface area contributed by atoms with Gasteiger partial charge in [-0.2, -0.15) is 0 Å². The molecule has 1 fully saturated rings. The zero-order valence-electron chi connectivity index (χ0n) is 13.7. The van der Waals surface area contributed by atoms with Crippen LogP contribution in [0.3, 0.4) is 0 Å². The van der Waals surface area contributed by atoms with Crippen LogP contribution < -0.4 is 10.6 Å². The summed E-state index contributed by atoms with van der Waals surface area (Å²) in [4.78, 5) is 27.8. The second kappa shape index (κ2) is 7.59. The van der Waals surface area contributed by atoms with Crippen LogP contribution in [0.2, 0.25) is 0 Å². The zero-order chi connectivity index (χ0) is 16.9. The largest absolute Gasteiger partial charge is 0.444 e. The molecule has 1 unspecified atom stereocenters. The molecule has 1 atom stereocenters. The Balaban J connectivity index is 1.80. The molecule has 23 heavy (non-hydrogen) atoms. The van der Waals surface area contributed by atoms with Crippen molar-refractivity contribution in [3.05, 3.63) is 22.7 Å². The molecule has 0 radical (unpaired) electrons. The van der Waals surface area contributed by atoms with Crippen molar-refractivity contribution in [1.82, 2.24) is 15.6 Å². The molecule has 2 rings (SSSR count). The number of aromatic nitrogens is 1. The van der Waals surface area contributed by atoms with Crippen LogP contribution in [0.25, 0.3) is 6.08 Å². The van der Waals surface area contributed by atoms with E-state index in [0.717, 1.165) is 18.5 Å². The van der Waals surface area contributed by atoms with E-state index in [-0.39, 0.29) is 11.9 Å². The van der Waals surface area contributed by atoms with Gasteiger partial charge in [0.25, 0.3) is 0 Å². The Morgan fingerprint density at radius 2 is 2.22 bits per heavy atom. The molecule has 1 aromatic rings. The lowest BCUT2D eigenvalue weighted by atomic mass is 10.2. The third-order valence-electron chi connectivity index (χ3n) is 3.24. The van der Waals surface area contributed by atoms with Gasteiger partial charge in [0, 0.05) is 24.0 Å². The summed E-state index contributed by atoms with van der Waals surface area (Å²) in [7, 11) is 0. The number of carbonyl (C=O) groups excluding carboxylic acids is 2. The molecule has 2 amide bonds. The number of nitrogens with zero attached hydrogens (tertiary/aromatic N) is 1. The van der Waals surface area contributed by atoms with Gasteiger partial charge in [0.05, 0.1) is 11.2 Å². The van der Waals surface area contributed by atoms with Crippen LogP contribution in [-0.4, -0.2) is 35.2 Å². The highest BCUT2D eigenvalue weighted by molar-refractivity contribution is 7.07. The van der Waals surface area contributed by atoms with Crippen LogP contribution in [0.1, 0.15) is 39.3 Å². The molecule has 7 heteroatoms. The number of nitrogens with one attached hydrogen (secondary N) is 2. The van der Waals surface area contributed by atoms with Crippen molar-refractivity contribution in [2.24, 2.45) is 5.92 Å². The third-order valence-corrected chi connectivity index (χ3v) is 3.85. The highest BCUT2D eigenvalue weighted by Crippen LogP contribution is 2.32. The van der Waals surface area contributed by atoms with Gasteiger partial charge in [-0.1, -0.05) is 0 Å². The minimum Gasteiger partial charge on any atom is -0.444 e. The second-order valence-electron chi connectivity index (χ2n) is 6.58. The molecule has 2 N–H and O–H groups in total. The Hall–Kier alpha value is -1.89. The lowest BCUT2D eigenvalue weighted by Crippen LogP contribution is -2.45. The summed E-state index contributed by atoms with van der Waals surface area (Å²) in [5.74, 6) is 0.238. The maximum atomic E-state index is 12.0. The maximum Gasteiger partial charge on any atom is 0.407 e. The van der Waals surface area contributed by atoms with Crippen LogP contribution in [0.15, 0.2) is 17.0 Å². The maximum absolute atomic E-state index is 12.0. The molecule has 1 aromatic heterocycles. The minimum absolute atomic E-state index is 0.0740. The fourth-order valence-electron chi connectivity index (χ4n) is 2.04. The van der Waals surface area contributed by atoms with E-state index in [2.05, 4.69) is 15.6 Å². The fraction of sp³-hybridized carbons (Fsp3) is 0.562. The number of rotatable bonds is 6. The van der Waals surface area contributed by atoms with E-state index < -0.39 is 11.7 Å². The Bertz CT molecular complexity index is 560. The Kier molecular flexibility index (Phi) is 5.76. The summed E-state index contributed by atoms with van der Waals surface area (Å²) in [5, 5.41) is 7.53. The fourth-order valence-corrected chi connectivity index (χ4v) is 2.56. The van der Waals surface area contributed by atoms with Crippen molar-refractivity contribution in [1.29, 1.82) is 0 Å².